The highest BCUT2D eigenvalue weighted by Crippen LogP contribution is 2.35. The molecule has 2 aromatic rings. The zero-order valence-electron chi connectivity index (χ0n) is 15.3. The predicted octanol–water partition coefficient (Wildman–Crippen LogP) is 6.37. The number of ether oxygens (including phenoxy) is 2. The standard InChI is InChI=1S/C19H19ClF3NO3S/c1-3-4-9-28-18(25)12(2)26-14-5-7-15(8-6-14)27-17-16(20)10-13(11-24-17)19(21,22)23/h5-8,10-12H,3-4,9H2,1-2H3. The van der Waals surface area contributed by atoms with Gasteiger partial charge in [-0.2, -0.15) is 13.2 Å². The van der Waals surface area contributed by atoms with Crippen LogP contribution >= 0.6 is 23.4 Å². The molecule has 0 aliphatic carbocycles. The van der Waals surface area contributed by atoms with E-state index in [-0.39, 0.29) is 16.0 Å². The van der Waals surface area contributed by atoms with Gasteiger partial charge in [0.1, 0.15) is 16.5 Å². The van der Waals surface area contributed by atoms with E-state index in [1.807, 2.05) is 0 Å². The van der Waals surface area contributed by atoms with Crippen LogP contribution in [0, 0.1) is 0 Å². The van der Waals surface area contributed by atoms with Crippen LogP contribution in [0.1, 0.15) is 32.3 Å². The number of thioether (sulfide) groups is 1. The Morgan fingerprint density at radius 1 is 1.25 bits per heavy atom. The van der Waals surface area contributed by atoms with Gasteiger partial charge in [0.15, 0.2) is 6.10 Å². The van der Waals surface area contributed by atoms with Gasteiger partial charge in [0.2, 0.25) is 11.0 Å². The van der Waals surface area contributed by atoms with Gasteiger partial charge in [-0.1, -0.05) is 36.7 Å². The lowest BCUT2D eigenvalue weighted by molar-refractivity contribution is -0.137. The van der Waals surface area contributed by atoms with E-state index in [0.717, 1.165) is 24.7 Å². The van der Waals surface area contributed by atoms with Crippen LogP contribution in [0.5, 0.6) is 17.4 Å². The summed E-state index contributed by atoms with van der Waals surface area (Å²) >= 11 is 7.07. The second-order valence-corrected chi connectivity index (χ2v) is 7.37. The van der Waals surface area contributed by atoms with Crippen LogP contribution in [0.4, 0.5) is 13.2 Å². The number of nitrogens with zero attached hydrogens (tertiary/aromatic N) is 1. The average Bonchev–Trinajstić information content (AvgIpc) is 2.64. The second kappa shape index (κ2) is 10.0. The molecule has 1 aromatic carbocycles. The van der Waals surface area contributed by atoms with Crippen molar-refractivity contribution in [1.82, 2.24) is 4.98 Å². The summed E-state index contributed by atoms with van der Waals surface area (Å²) in [5.41, 5.74) is -0.955. The molecule has 0 aliphatic rings. The number of hydrogen-bond acceptors (Lipinski definition) is 5. The van der Waals surface area contributed by atoms with Gasteiger partial charge in [-0.05, 0) is 43.7 Å². The van der Waals surface area contributed by atoms with E-state index in [4.69, 9.17) is 21.1 Å². The molecular weight excluding hydrogens is 415 g/mol. The molecule has 1 unspecified atom stereocenters. The Labute approximate surface area is 170 Å². The molecule has 9 heteroatoms. The van der Waals surface area contributed by atoms with Gasteiger partial charge in [0, 0.05) is 11.9 Å². The quantitative estimate of drug-likeness (QED) is 0.452. The van der Waals surface area contributed by atoms with E-state index >= 15 is 0 Å². The highest BCUT2D eigenvalue weighted by molar-refractivity contribution is 8.13. The van der Waals surface area contributed by atoms with E-state index < -0.39 is 17.8 Å². The van der Waals surface area contributed by atoms with Crippen molar-refractivity contribution in [2.75, 3.05) is 5.75 Å². The summed E-state index contributed by atoms with van der Waals surface area (Å²) in [5, 5.41) is -0.298. The van der Waals surface area contributed by atoms with Crippen LogP contribution in [-0.2, 0) is 11.0 Å². The first-order valence-corrected chi connectivity index (χ1v) is 9.91. The van der Waals surface area contributed by atoms with E-state index in [0.29, 0.717) is 17.7 Å². The second-order valence-electron chi connectivity index (χ2n) is 5.86. The first-order valence-electron chi connectivity index (χ1n) is 8.54. The van der Waals surface area contributed by atoms with E-state index in [9.17, 15) is 18.0 Å². The highest BCUT2D eigenvalue weighted by atomic mass is 35.5. The fourth-order valence-electron chi connectivity index (χ4n) is 2.04. The molecule has 0 N–H and O–H groups in total. The monoisotopic (exact) mass is 433 g/mol. The number of rotatable bonds is 8. The molecule has 2 rings (SSSR count). The first kappa shape index (κ1) is 22.4. The highest BCUT2D eigenvalue weighted by Gasteiger charge is 2.31. The minimum Gasteiger partial charge on any atom is -0.482 e. The maximum Gasteiger partial charge on any atom is 0.417 e. The van der Waals surface area contributed by atoms with Crippen molar-refractivity contribution in [3.8, 4) is 17.4 Å². The smallest absolute Gasteiger partial charge is 0.417 e. The first-order chi connectivity index (χ1) is 13.2. The average molecular weight is 434 g/mol. The van der Waals surface area contributed by atoms with Crippen molar-refractivity contribution in [1.29, 1.82) is 0 Å². The van der Waals surface area contributed by atoms with Gasteiger partial charge in [0.05, 0.1) is 5.56 Å². The lowest BCUT2D eigenvalue weighted by atomic mass is 10.3. The van der Waals surface area contributed by atoms with Crippen molar-refractivity contribution in [2.24, 2.45) is 0 Å². The number of aromatic nitrogens is 1. The number of halogens is 4. The van der Waals surface area contributed by atoms with Crippen molar-refractivity contribution >= 4 is 28.5 Å². The summed E-state index contributed by atoms with van der Waals surface area (Å²) in [4.78, 5) is 15.6. The van der Waals surface area contributed by atoms with Crippen LogP contribution in [0.25, 0.3) is 0 Å². The van der Waals surface area contributed by atoms with Crippen LogP contribution in [0.15, 0.2) is 36.5 Å². The van der Waals surface area contributed by atoms with Crippen molar-refractivity contribution in [3.05, 3.63) is 47.1 Å². The van der Waals surface area contributed by atoms with Gasteiger partial charge < -0.3 is 9.47 Å². The van der Waals surface area contributed by atoms with Gasteiger partial charge in [-0.15, -0.1) is 0 Å². The van der Waals surface area contributed by atoms with E-state index in [1.165, 1.54) is 11.8 Å². The molecule has 28 heavy (non-hydrogen) atoms. The zero-order valence-corrected chi connectivity index (χ0v) is 16.8. The largest absolute Gasteiger partial charge is 0.482 e. The number of carbonyl (C=O) groups excluding carboxylic acids is 1. The van der Waals surface area contributed by atoms with Crippen molar-refractivity contribution in [3.63, 3.8) is 0 Å². The summed E-state index contributed by atoms with van der Waals surface area (Å²) in [5.74, 6) is 1.41. The molecule has 0 radical (unpaired) electrons. The van der Waals surface area contributed by atoms with Crippen LogP contribution in [0.3, 0.4) is 0 Å². The van der Waals surface area contributed by atoms with Crippen molar-refractivity contribution < 1.29 is 27.4 Å². The SMILES string of the molecule is CCCCSC(=O)C(C)Oc1ccc(Oc2ncc(C(F)(F)F)cc2Cl)cc1. The van der Waals surface area contributed by atoms with Gasteiger partial charge >= 0.3 is 6.18 Å². The maximum absolute atomic E-state index is 12.6. The van der Waals surface area contributed by atoms with E-state index in [1.54, 1.807) is 31.2 Å². The zero-order chi connectivity index (χ0) is 20.7. The third-order valence-corrected chi connectivity index (χ3v) is 4.94. The lowest BCUT2D eigenvalue weighted by Gasteiger charge is -2.14. The van der Waals surface area contributed by atoms with Gasteiger partial charge in [-0.25, -0.2) is 4.98 Å². The minimum atomic E-state index is -4.53. The Bertz CT molecular complexity index is 800. The Hall–Kier alpha value is -1.93. The molecule has 152 valence electrons. The number of hydrogen-bond donors (Lipinski definition) is 0. The van der Waals surface area contributed by atoms with Gasteiger partial charge in [0.25, 0.3) is 0 Å². The van der Waals surface area contributed by atoms with Crippen LogP contribution in [0.2, 0.25) is 5.02 Å². The Balaban J connectivity index is 1.96. The summed E-state index contributed by atoms with van der Waals surface area (Å²) in [6, 6.07) is 7.03. The molecule has 1 heterocycles. The van der Waals surface area contributed by atoms with Gasteiger partial charge in [-0.3, -0.25) is 4.79 Å². The Morgan fingerprint density at radius 3 is 2.46 bits per heavy atom. The summed E-state index contributed by atoms with van der Waals surface area (Å²) < 4.78 is 48.9. The fourth-order valence-corrected chi connectivity index (χ4v) is 3.16. The number of unbranched alkanes of at least 4 members (excludes halogenated alkanes) is 1. The molecule has 1 atom stereocenters. The fraction of sp³-hybridized carbons (Fsp3) is 0.368. The Morgan fingerprint density at radius 2 is 1.89 bits per heavy atom. The molecular formula is C19H19ClF3NO3S. The van der Waals surface area contributed by atoms with Crippen molar-refractivity contribution in [2.45, 2.75) is 39.0 Å². The predicted molar refractivity (Wildman–Crippen MR) is 103 cm³/mol. The maximum atomic E-state index is 12.6. The molecule has 0 spiro atoms. The molecule has 0 aliphatic heterocycles. The van der Waals surface area contributed by atoms with Crippen LogP contribution in [-0.4, -0.2) is 22.0 Å². The molecule has 0 saturated heterocycles. The topological polar surface area (TPSA) is 48.4 Å². The normalized spacial score (nSPS) is 12.5. The number of carbonyl (C=O) groups is 1. The molecule has 0 fully saturated rings. The molecule has 1 aromatic heterocycles. The summed E-state index contributed by atoms with van der Waals surface area (Å²) in [7, 11) is 0. The summed E-state index contributed by atoms with van der Waals surface area (Å²) in [6.07, 6.45) is -2.48. The van der Waals surface area contributed by atoms with E-state index in [2.05, 4.69) is 11.9 Å². The molecule has 0 amide bonds. The minimum absolute atomic E-state index is 0.0467. The third-order valence-electron chi connectivity index (χ3n) is 3.56. The van der Waals surface area contributed by atoms with Crippen LogP contribution < -0.4 is 9.47 Å². The third kappa shape index (κ3) is 6.60. The molecule has 0 bridgehead atoms. The number of benzene rings is 1. The lowest BCUT2D eigenvalue weighted by Crippen LogP contribution is -2.21. The number of alkyl halides is 3. The summed E-state index contributed by atoms with van der Waals surface area (Å²) in [6.45, 7) is 3.74. The number of pyridine rings is 1. The molecule has 0 saturated carbocycles. The molecule has 4 nitrogen and oxygen atoms in total. The Kier molecular flexibility index (Phi) is 8.00.